The van der Waals surface area contributed by atoms with Crippen molar-refractivity contribution in [3.63, 3.8) is 0 Å². The van der Waals surface area contributed by atoms with Crippen LogP contribution in [-0.4, -0.2) is 13.0 Å². The van der Waals surface area contributed by atoms with Gasteiger partial charge in [0, 0.05) is 16.3 Å². The van der Waals surface area contributed by atoms with Crippen molar-refractivity contribution in [1.29, 1.82) is 0 Å². The maximum atomic E-state index is 12.5. The van der Waals surface area contributed by atoms with E-state index >= 15 is 0 Å². The molecule has 1 amide bonds. The molecule has 1 aromatic heterocycles. The molecule has 0 atom stereocenters. The van der Waals surface area contributed by atoms with Crippen molar-refractivity contribution >= 4 is 28.6 Å². The zero-order valence-electron chi connectivity index (χ0n) is 11.9. The average Bonchev–Trinajstić information content (AvgIpc) is 2.93. The van der Waals surface area contributed by atoms with Crippen LogP contribution < -0.4 is 15.8 Å². The summed E-state index contributed by atoms with van der Waals surface area (Å²) in [6, 6.07) is 5.25. The molecule has 0 unspecified atom stereocenters. The van der Waals surface area contributed by atoms with Gasteiger partial charge in [-0.05, 0) is 43.4 Å². The third-order valence-corrected chi connectivity index (χ3v) is 4.90. The van der Waals surface area contributed by atoms with E-state index in [-0.39, 0.29) is 5.91 Å². The summed E-state index contributed by atoms with van der Waals surface area (Å²) in [6.45, 7) is 0. The first-order chi connectivity index (χ1) is 10.2. The fraction of sp³-hybridized carbons (Fsp3) is 0.312. The van der Waals surface area contributed by atoms with E-state index in [0.29, 0.717) is 17.1 Å². The van der Waals surface area contributed by atoms with Gasteiger partial charge in [0.2, 0.25) is 0 Å². The predicted octanol–water partition coefficient (Wildman–Crippen LogP) is 3.47. The number of rotatable bonds is 3. The number of methoxy groups -OCH3 is 1. The van der Waals surface area contributed by atoms with Crippen LogP contribution in [0.5, 0.6) is 5.75 Å². The zero-order valence-corrected chi connectivity index (χ0v) is 12.8. The molecule has 0 saturated carbocycles. The molecule has 21 heavy (non-hydrogen) atoms. The second kappa shape index (κ2) is 5.77. The van der Waals surface area contributed by atoms with Gasteiger partial charge in [-0.3, -0.25) is 4.79 Å². The summed E-state index contributed by atoms with van der Waals surface area (Å²) in [4.78, 5) is 13.9. The monoisotopic (exact) mass is 302 g/mol. The maximum absolute atomic E-state index is 12.5. The van der Waals surface area contributed by atoms with Crippen molar-refractivity contribution in [2.45, 2.75) is 25.7 Å². The van der Waals surface area contributed by atoms with E-state index in [2.05, 4.69) is 5.32 Å². The van der Waals surface area contributed by atoms with Gasteiger partial charge in [-0.1, -0.05) is 0 Å². The summed E-state index contributed by atoms with van der Waals surface area (Å²) in [7, 11) is 1.59. The number of carbonyl (C=O) groups excluding carboxylic acids is 1. The van der Waals surface area contributed by atoms with Crippen LogP contribution in [0.1, 0.15) is 33.6 Å². The van der Waals surface area contributed by atoms with Crippen molar-refractivity contribution < 1.29 is 9.53 Å². The van der Waals surface area contributed by atoms with Crippen LogP contribution >= 0.6 is 11.3 Å². The Morgan fingerprint density at radius 1 is 1.33 bits per heavy atom. The maximum Gasteiger partial charge on any atom is 0.256 e. The second-order valence-corrected chi connectivity index (χ2v) is 6.13. The molecule has 2 aromatic rings. The van der Waals surface area contributed by atoms with Gasteiger partial charge in [0.15, 0.2) is 0 Å². The number of benzene rings is 1. The van der Waals surface area contributed by atoms with Crippen molar-refractivity contribution in [3.05, 3.63) is 39.6 Å². The van der Waals surface area contributed by atoms with E-state index in [1.54, 1.807) is 36.6 Å². The lowest BCUT2D eigenvalue weighted by Gasteiger charge is -2.13. The number of amides is 1. The minimum atomic E-state index is -0.0886. The van der Waals surface area contributed by atoms with Crippen LogP contribution in [0, 0.1) is 0 Å². The van der Waals surface area contributed by atoms with Crippen molar-refractivity contribution in [2.75, 3.05) is 18.2 Å². The summed E-state index contributed by atoms with van der Waals surface area (Å²) in [5.74, 6) is 0.584. The first-order valence-corrected chi connectivity index (χ1v) is 7.91. The average molecular weight is 302 g/mol. The molecule has 4 nitrogen and oxygen atoms in total. The number of anilines is 2. The van der Waals surface area contributed by atoms with Crippen LogP contribution in [0.2, 0.25) is 0 Å². The number of hydrogen-bond acceptors (Lipinski definition) is 4. The number of nitrogens with one attached hydrogen (secondary N) is 1. The highest BCUT2D eigenvalue weighted by Crippen LogP contribution is 2.31. The van der Waals surface area contributed by atoms with Crippen molar-refractivity contribution in [2.24, 2.45) is 0 Å². The summed E-state index contributed by atoms with van der Waals surface area (Å²) in [5, 5.41) is 4.86. The lowest BCUT2D eigenvalue weighted by molar-refractivity contribution is 0.102. The Labute approximate surface area is 127 Å². The summed E-state index contributed by atoms with van der Waals surface area (Å²) in [5.41, 5.74) is 9.05. The number of hydrogen-bond donors (Lipinski definition) is 2. The topological polar surface area (TPSA) is 64.3 Å². The summed E-state index contributed by atoms with van der Waals surface area (Å²) < 4.78 is 5.17. The molecule has 3 rings (SSSR count). The molecule has 0 radical (unpaired) electrons. The van der Waals surface area contributed by atoms with Gasteiger partial charge in [0.25, 0.3) is 5.91 Å². The molecule has 1 aromatic carbocycles. The normalized spacial score (nSPS) is 13.6. The number of ether oxygens (including phenoxy) is 1. The molecular weight excluding hydrogens is 284 g/mol. The third-order valence-electron chi connectivity index (χ3n) is 3.81. The van der Waals surface area contributed by atoms with Gasteiger partial charge in [0.1, 0.15) is 5.75 Å². The Morgan fingerprint density at radius 2 is 2.14 bits per heavy atom. The van der Waals surface area contributed by atoms with Crippen LogP contribution in [0.4, 0.5) is 11.4 Å². The predicted molar refractivity (Wildman–Crippen MR) is 86.3 cm³/mol. The van der Waals surface area contributed by atoms with E-state index in [0.717, 1.165) is 24.8 Å². The van der Waals surface area contributed by atoms with Gasteiger partial charge in [-0.2, -0.15) is 0 Å². The first kappa shape index (κ1) is 13.9. The molecule has 5 heteroatoms. The lowest BCUT2D eigenvalue weighted by atomic mass is 9.95. The minimum Gasteiger partial charge on any atom is -0.497 e. The molecular formula is C16H18N2O2S. The summed E-state index contributed by atoms with van der Waals surface area (Å²) >= 11 is 1.69. The molecule has 1 aliphatic carbocycles. The summed E-state index contributed by atoms with van der Waals surface area (Å²) in [6.07, 6.45) is 4.46. The van der Waals surface area contributed by atoms with E-state index in [1.807, 2.05) is 5.38 Å². The molecule has 1 heterocycles. The third kappa shape index (κ3) is 2.74. The van der Waals surface area contributed by atoms with Crippen LogP contribution in [0.15, 0.2) is 23.6 Å². The zero-order chi connectivity index (χ0) is 14.8. The SMILES string of the molecule is COc1ccc(N)c(NC(=O)c2csc3c2CCCC3)c1. The Bertz CT molecular complexity index is 679. The highest BCUT2D eigenvalue weighted by Gasteiger charge is 2.20. The van der Waals surface area contributed by atoms with E-state index in [4.69, 9.17) is 10.5 Å². The largest absolute Gasteiger partial charge is 0.497 e. The quantitative estimate of drug-likeness (QED) is 0.853. The highest BCUT2D eigenvalue weighted by molar-refractivity contribution is 7.10. The van der Waals surface area contributed by atoms with Gasteiger partial charge in [-0.15, -0.1) is 11.3 Å². The number of thiophene rings is 1. The second-order valence-electron chi connectivity index (χ2n) is 5.17. The Hall–Kier alpha value is -2.01. The number of nitrogen functional groups attached to an aromatic ring is 1. The highest BCUT2D eigenvalue weighted by atomic mass is 32.1. The van der Waals surface area contributed by atoms with E-state index < -0.39 is 0 Å². The Balaban J connectivity index is 1.85. The van der Waals surface area contributed by atoms with Gasteiger partial charge >= 0.3 is 0 Å². The number of fused-ring (bicyclic) bond motifs is 1. The molecule has 0 spiro atoms. The fourth-order valence-electron chi connectivity index (χ4n) is 2.64. The molecule has 1 aliphatic rings. The first-order valence-electron chi connectivity index (χ1n) is 7.03. The Kier molecular flexibility index (Phi) is 3.84. The minimum absolute atomic E-state index is 0.0886. The van der Waals surface area contributed by atoms with Crippen molar-refractivity contribution in [3.8, 4) is 5.75 Å². The molecule has 3 N–H and O–H groups in total. The molecule has 0 saturated heterocycles. The standard InChI is InChI=1S/C16H18N2O2S/c1-20-10-6-7-13(17)14(8-10)18-16(19)12-9-21-15-5-3-2-4-11(12)15/h6-9H,2-5,17H2,1H3,(H,18,19). The lowest BCUT2D eigenvalue weighted by Crippen LogP contribution is -2.15. The smallest absolute Gasteiger partial charge is 0.256 e. The number of nitrogens with two attached hydrogens (primary N) is 1. The fourth-order valence-corrected chi connectivity index (χ4v) is 3.77. The molecule has 110 valence electrons. The van der Waals surface area contributed by atoms with Gasteiger partial charge < -0.3 is 15.8 Å². The molecule has 0 bridgehead atoms. The van der Waals surface area contributed by atoms with E-state index in [1.165, 1.54) is 16.9 Å². The number of carbonyl (C=O) groups is 1. The van der Waals surface area contributed by atoms with Crippen LogP contribution in [0.3, 0.4) is 0 Å². The van der Waals surface area contributed by atoms with E-state index in [9.17, 15) is 4.79 Å². The molecule has 0 fully saturated rings. The van der Waals surface area contributed by atoms with Crippen LogP contribution in [0.25, 0.3) is 0 Å². The van der Waals surface area contributed by atoms with Gasteiger partial charge in [-0.25, -0.2) is 0 Å². The van der Waals surface area contributed by atoms with Gasteiger partial charge in [0.05, 0.1) is 24.0 Å². The van der Waals surface area contributed by atoms with Crippen LogP contribution in [-0.2, 0) is 12.8 Å². The Morgan fingerprint density at radius 3 is 2.95 bits per heavy atom. The number of aryl methyl sites for hydroxylation is 1. The molecule has 0 aliphatic heterocycles. The van der Waals surface area contributed by atoms with Crippen molar-refractivity contribution in [1.82, 2.24) is 0 Å².